The maximum absolute atomic E-state index is 12.8. The molecular weight excluding hydrogens is 471 g/mol. The van der Waals surface area contributed by atoms with E-state index in [9.17, 15) is 26.9 Å². The van der Waals surface area contributed by atoms with E-state index >= 15 is 0 Å². The molecule has 174 valence electrons. The largest absolute Gasteiger partial charge is 0.404 e. The van der Waals surface area contributed by atoms with Crippen LogP contribution in [0.4, 0.5) is 13.2 Å². The normalized spacial score (nSPS) is 13.1. The van der Waals surface area contributed by atoms with E-state index in [0.717, 1.165) is 17.8 Å². The Bertz CT molecular complexity index is 1510. The molecule has 4 aromatic rings. The fourth-order valence-electron chi connectivity index (χ4n) is 3.34. The number of hydrogen-bond acceptors (Lipinski definition) is 7. The van der Waals surface area contributed by atoms with Gasteiger partial charge in [0.2, 0.25) is 10.0 Å². The number of aryl methyl sites for hydroxylation is 1. The highest BCUT2D eigenvalue weighted by atomic mass is 32.2. The minimum Gasteiger partial charge on any atom is -0.303 e. The predicted molar refractivity (Wildman–Crippen MR) is 115 cm³/mol. The quantitative estimate of drug-likeness (QED) is 0.458. The number of halogens is 3. The number of hydrogen-bond donors (Lipinski definition) is 1. The summed E-state index contributed by atoms with van der Waals surface area (Å²) < 4.78 is 66.5. The second-order valence-corrected chi connectivity index (χ2v) is 9.13. The van der Waals surface area contributed by atoms with Crippen LogP contribution in [0.1, 0.15) is 18.1 Å². The van der Waals surface area contributed by atoms with Gasteiger partial charge in [0.1, 0.15) is 28.1 Å². The monoisotopic (exact) mass is 487 g/mol. The van der Waals surface area contributed by atoms with Crippen molar-refractivity contribution >= 4 is 21.1 Å². The van der Waals surface area contributed by atoms with E-state index < -0.39 is 27.1 Å². The molecule has 0 aromatic carbocycles. The van der Waals surface area contributed by atoms with Crippen molar-refractivity contribution in [2.75, 3.05) is 0 Å². The van der Waals surface area contributed by atoms with Gasteiger partial charge in [-0.1, -0.05) is 0 Å². The minimum absolute atomic E-state index is 0.193. The highest BCUT2D eigenvalue weighted by molar-refractivity contribution is 7.89. The molecular formula is C21H16F3N7O2S. The molecule has 0 fully saturated rings. The first-order chi connectivity index (χ1) is 16.0. The van der Waals surface area contributed by atoms with Crippen LogP contribution in [0.2, 0.25) is 0 Å². The van der Waals surface area contributed by atoms with E-state index in [-0.39, 0.29) is 11.3 Å². The van der Waals surface area contributed by atoms with Crippen molar-refractivity contribution in [2.45, 2.75) is 31.0 Å². The van der Waals surface area contributed by atoms with Crippen LogP contribution in [0.5, 0.6) is 0 Å². The molecule has 34 heavy (non-hydrogen) atoms. The molecule has 0 saturated carbocycles. The summed E-state index contributed by atoms with van der Waals surface area (Å²) in [6.07, 6.45) is 0.753. The molecule has 0 amide bonds. The summed E-state index contributed by atoms with van der Waals surface area (Å²) in [5.74, 6) is 0. The molecule has 1 atom stereocenters. The third-order valence-electron chi connectivity index (χ3n) is 4.99. The average molecular weight is 487 g/mol. The van der Waals surface area contributed by atoms with E-state index in [4.69, 9.17) is 0 Å². The summed E-state index contributed by atoms with van der Waals surface area (Å²) in [5, 5.41) is 17.5. The van der Waals surface area contributed by atoms with Crippen LogP contribution in [0.15, 0.2) is 53.9 Å². The number of nitriles is 1. The van der Waals surface area contributed by atoms with E-state index in [2.05, 4.69) is 26.2 Å². The van der Waals surface area contributed by atoms with Gasteiger partial charge >= 0.3 is 6.18 Å². The van der Waals surface area contributed by atoms with E-state index in [1.807, 2.05) is 13.0 Å². The Morgan fingerprint density at radius 3 is 2.47 bits per heavy atom. The van der Waals surface area contributed by atoms with Gasteiger partial charge in [0.15, 0.2) is 0 Å². The lowest BCUT2D eigenvalue weighted by Gasteiger charge is -2.17. The Morgan fingerprint density at radius 1 is 1.12 bits per heavy atom. The standard InChI is InChI=1S/C21H16F3N7O2S/c1-12-7-18-19(27-9-12)16(8-25)20(31(18)14-5-6-28-29-10-14)17-4-3-15(11-26-17)34(32,33)30-13(2)21(22,23)24/h3-7,9-11,13,30H,1-2H3/t13-/m0/s1. The second kappa shape index (κ2) is 8.47. The topological polar surface area (TPSA) is 126 Å². The van der Waals surface area contributed by atoms with Crippen LogP contribution in [0.3, 0.4) is 0 Å². The lowest BCUT2D eigenvalue weighted by atomic mass is 10.1. The SMILES string of the molecule is Cc1cnc2c(C#N)c(-c3ccc(S(=O)(=O)N[C@@H](C)C(F)(F)F)cn3)n(-c3ccnnc3)c2c1. The van der Waals surface area contributed by atoms with Crippen molar-refractivity contribution in [1.29, 1.82) is 5.26 Å². The smallest absolute Gasteiger partial charge is 0.303 e. The Kier molecular flexibility index (Phi) is 5.80. The maximum atomic E-state index is 12.8. The van der Waals surface area contributed by atoms with Gasteiger partial charge in [-0.15, -0.1) is 0 Å². The van der Waals surface area contributed by atoms with Crippen LogP contribution in [-0.4, -0.2) is 45.4 Å². The fraction of sp³-hybridized carbons (Fsp3) is 0.190. The van der Waals surface area contributed by atoms with Crippen molar-refractivity contribution in [3.8, 4) is 23.1 Å². The highest BCUT2D eigenvalue weighted by Gasteiger charge is 2.39. The number of rotatable bonds is 5. The van der Waals surface area contributed by atoms with Gasteiger partial charge in [0, 0.05) is 12.4 Å². The van der Waals surface area contributed by atoms with Crippen molar-refractivity contribution in [3.63, 3.8) is 0 Å². The van der Waals surface area contributed by atoms with Crippen LogP contribution < -0.4 is 4.72 Å². The molecule has 0 aliphatic carbocycles. The summed E-state index contributed by atoms with van der Waals surface area (Å²) in [7, 11) is -4.48. The summed E-state index contributed by atoms with van der Waals surface area (Å²) in [4.78, 5) is 8.09. The highest BCUT2D eigenvalue weighted by Crippen LogP contribution is 2.34. The molecule has 4 rings (SSSR count). The number of nitrogens with zero attached hydrogens (tertiary/aromatic N) is 6. The van der Waals surface area contributed by atoms with E-state index in [1.165, 1.54) is 18.5 Å². The third kappa shape index (κ3) is 4.20. The Morgan fingerprint density at radius 2 is 1.88 bits per heavy atom. The predicted octanol–water partition coefficient (Wildman–Crippen LogP) is 3.29. The fourth-order valence-corrected chi connectivity index (χ4v) is 4.51. The first kappa shape index (κ1) is 23.3. The van der Waals surface area contributed by atoms with Crippen LogP contribution >= 0.6 is 0 Å². The Labute approximate surface area is 192 Å². The number of sulfonamides is 1. The lowest BCUT2D eigenvalue weighted by Crippen LogP contribution is -2.42. The van der Waals surface area contributed by atoms with Gasteiger partial charge in [0.05, 0.1) is 35.0 Å². The molecule has 0 aliphatic heterocycles. The summed E-state index contributed by atoms with van der Waals surface area (Å²) in [5.41, 5.74) is 3.12. The van der Waals surface area contributed by atoms with Crippen molar-refractivity contribution in [3.05, 3.63) is 60.2 Å². The van der Waals surface area contributed by atoms with Crippen LogP contribution in [0, 0.1) is 18.3 Å². The zero-order valence-corrected chi connectivity index (χ0v) is 18.6. The van der Waals surface area contributed by atoms with Crippen molar-refractivity contribution in [2.24, 2.45) is 0 Å². The molecule has 0 saturated heterocycles. The van der Waals surface area contributed by atoms with Crippen LogP contribution in [-0.2, 0) is 10.0 Å². The van der Waals surface area contributed by atoms with Gasteiger partial charge < -0.3 is 4.57 Å². The lowest BCUT2D eigenvalue weighted by molar-refractivity contribution is -0.147. The van der Waals surface area contributed by atoms with Crippen molar-refractivity contribution < 1.29 is 21.6 Å². The van der Waals surface area contributed by atoms with E-state index in [0.29, 0.717) is 29.3 Å². The number of alkyl halides is 3. The number of nitrogens with one attached hydrogen (secondary N) is 1. The number of pyridine rings is 2. The second-order valence-electron chi connectivity index (χ2n) is 7.42. The van der Waals surface area contributed by atoms with Gasteiger partial charge in [-0.05, 0) is 43.7 Å². The third-order valence-corrected chi connectivity index (χ3v) is 6.52. The first-order valence-electron chi connectivity index (χ1n) is 9.76. The summed E-state index contributed by atoms with van der Waals surface area (Å²) in [6, 6.07) is 5.78. The van der Waals surface area contributed by atoms with Gasteiger partial charge in [-0.2, -0.15) is 33.4 Å². The first-order valence-corrected chi connectivity index (χ1v) is 11.2. The molecule has 0 bridgehead atoms. The molecule has 13 heteroatoms. The molecule has 0 spiro atoms. The average Bonchev–Trinajstić information content (AvgIpc) is 3.12. The maximum Gasteiger partial charge on any atom is 0.404 e. The number of fused-ring (bicyclic) bond motifs is 1. The summed E-state index contributed by atoms with van der Waals surface area (Å²) in [6.45, 7) is 2.54. The van der Waals surface area contributed by atoms with Gasteiger partial charge in [-0.3, -0.25) is 9.97 Å². The van der Waals surface area contributed by atoms with E-state index in [1.54, 1.807) is 21.6 Å². The molecule has 1 N–H and O–H groups in total. The Hall–Kier alpha value is -3.89. The summed E-state index contributed by atoms with van der Waals surface area (Å²) >= 11 is 0. The zero-order chi connectivity index (χ0) is 24.7. The van der Waals surface area contributed by atoms with Crippen molar-refractivity contribution in [1.82, 2.24) is 29.5 Å². The molecule has 4 heterocycles. The van der Waals surface area contributed by atoms with Gasteiger partial charge in [-0.25, -0.2) is 8.42 Å². The zero-order valence-electron chi connectivity index (χ0n) is 17.7. The van der Waals surface area contributed by atoms with Crippen LogP contribution in [0.25, 0.3) is 28.1 Å². The Balaban J connectivity index is 1.87. The minimum atomic E-state index is -4.74. The molecule has 0 unspecified atom stereocenters. The molecule has 0 radical (unpaired) electrons. The molecule has 0 aliphatic rings. The van der Waals surface area contributed by atoms with Gasteiger partial charge in [0.25, 0.3) is 0 Å². The molecule has 4 aromatic heterocycles. The number of aromatic nitrogens is 5. The molecule has 9 nitrogen and oxygen atoms in total.